The average molecular weight is 271 g/mol. The van der Waals surface area contributed by atoms with Crippen molar-refractivity contribution in [1.29, 1.82) is 0 Å². The number of hydrogen-bond acceptors (Lipinski definition) is 3. The lowest BCUT2D eigenvalue weighted by Crippen LogP contribution is -2.33. The van der Waals surface area contributed by atoms with Crippen LogP contribution < -0.4 is 5.73 Å². The number of nitrogens with zero attached hydrogens (tertiary/aromatic N) is 3. The van der Waals surface area contributed by atoms with Crippen LogP contribution in [0.2, 0.25) is 5.02 Å². The fourth-order valence-corrected chi connectivity index (χ4v) is 2.99. The Balaban J connectivity index is 2.17. The first-order chi connectivity index (χ1) is 8.59. The molecule has 102 valence electrons. The summed E-state index contributed by atoms with van der Waals surface area (Å²) in [4.78, 5) is 2.15. The SMILES string of the molecule is CN(C)CCn1ncc(Cl)c1C1CCCCC1N. The highest BCUT2D eigenvalue weighted by molar-refractivity contribution is 6.31. The van der Waals surface area contributed by atoms with Crippen LogP contribution >= 0.6 is 11.6 Å². The van der Waals surface area contributed by atoms with Gasteiger partial charge in [0.05, 0.1) is 23.5 Å². The maximum Gasteiger partial charge on any atom is 0.0821 e. The number of nitrogens with two attached hydrogens (primary N) is 1. The summed E-state index contributed by atoms with van der Waals surface area (Å²) in [7, 11) is 4.13. The van der Waals surface area contributed by atoms with Gasteiger partial charge >= 0.3 is 0 Å². The van der Waals surface area contributed by atoms with Crippen molar-refractivity contribution in [2.75, 3.05) is 20.6 Å². The van der Waals surface area contributed by atoms with Gasteiger partial charge in [-0.15, -0.1) is 0 Å². The molecule has 2 unspecified atom stereocenters. The van der Waals surface area contributed by atoms with Gasteiger partial charge in [-0.1, -0.05) is 24.4 Å². The Kier molecular flexibility index (Phi) is 4.65. The van der Waals surface area contributed by atoms with Crippen LogP contribution in [0.25, 0.3) is 0 Å². The van der Waals surface area contributed by atoms with E-state index in [1.165, 1.54) is 12.8 Å². The maximum atomic E-state index is 6.31. The predicted octanol–water partition coefficient (Wildman–Crippen LogP) is 2.08. The fraction of sp³-hybridized carbons (Fsp3) is 0.769. The Morgan fingerprint density at radius 1 is 1.44 bits per heavy atom. The van der Waals surface area contributed by atoms with E-state index in [1.807, 2.05) is 4.68 Å². The van der Waals surface area contributed by atoms with E-state index >= 15 is 0 Å². The normalized spacial score (nSPS) is 24.7. The quantitative estimate of drug-likeness (QED) is 0.911. The zero-order chi connectivity index (χ0) is 13.1. The lowest BCUT2D eigenvalue weighted by atomic mass is 9.83. The minimum Gasteiger partial charge on any atom is -0.327 e. The number of likely N-dealkylation sites (N-methyl/N-ethyl adjacent to an activating group) is 1. The van der Waals surface area contributed by atoms with Gasteiger partial charge in [0.15, 0.2) is 0 Å². The van der Waals surface area contributed by atoms with Crippen LogP contribution in [0, 0.1) is 0 Å². The Labute approximate surface area is 114 Å². The maximum absolute atomic E-state index is 6.31. The Bertz CT molecular complexity index is 388. The number of halogens is 1. The van der Waals surface area contributed by atoms with Crippen molar-refractivity contribution in [3.8, 4) is 0 Å². The van der Waals surface area contributed by atoms with E-state index in [9.17, 15) is 0 Å². The van der Waals surface area contributed by atoms with Gasteiger partial charge in [-0.3, -0.25) is 4.68 Å². The molecule has 18 heavy (non-hydrogen) atoms. The predicted molar refractivity (Wildman–Crippen MR) is 75.0 cm³/mol. The minimum absolute atomic E-state index is 0.228. The molecule has 1 saturated carbocycles. The smallest absolute Gasteiger partial charge is 0.0821 e. The van der Waals surface area contributed by atoms with Crippen molar-refractivity contribution in [3.63, 3.8) is 0 Å². The lowest BCUT2D eigenvalue weighted by molar-refractivity contribution is 0.340. The molecular weight excluding hydrogens is 248 g/mol. The molecule has 0 bridgehead atoms. The Morgan fingerprint density at radius 2 is 2.17 bits per heavy atom. The second-order valence-corrected chi connectivity index (χ2v) is 5.87. The Hall–Kier alpha value is -0.580. The van der Waals surface area contributed by atoms with E-state index < -0.39 is 0 Å². The second-order valence-electron chi connectivity index (χ2n) is 5.46. The van der Waals surface area contributed by atoms with Gasteiger partial charge in [0.2, 0.25) is 0 Å². The molecule has 5 heteroatoms. The highest BCUT2D eigenvalue weighted by Crippen LogP contribution is 2.35. The van der Waals surface area contributed by atoms with Crippen molar-refractivity contribution >= 4 is 11.6 Å². The third kappa shape index (κ3) is 3.05. The summed E-state index contributed by atoms with van der Waals surface area (Å²) in [6, 6.07) is 0.228. The average Bonchev–Trinajstić information content (AvgIpc) is 2.69. The molecule has 0 radical (unpaired) electrons. The third-order valence-corrected chi connectivity index (χ3v) is 4.05. The van der Waals surface area contributed by atoms with E-state index in [-0.39, 0.29) is 6.04 Å². The van der Waals surface area contributed by atoms with Gasteiger partial charge < -0.3 is 10.6 Å². The van der Waals surface area contributed by atoms with Crippen molar-refractivity contribution in [1.82, 2.24) is 14.7 Å². The minimum atomic E-state index is 0.228. The lowest BCUT2D eigenvalue weighted by Gasteiger charge is -2.29. The summed E-state index contributed by atoms with van der Waals surface area (Å²) in [6.07, 6.45) is 6.47. The summed E-state index contributed by atoms with van der Waals surface area (Å²) in [5, 5.41) is 5.17. The molecule has 1 aromatic rings. The van der Waals surface area contributed by atoms with Crippen LogP contribution in [0.3, 0.4) is 0 Å². The molecule has 1 aliphatic carbocycles. The Morgan fingerprint density at radius 3 is 2.83 bits per heavy atom. The second kappa shape index (κ2) is 6.04. The summed E-state index contributed by atoms with van der Waals surface area (Å²) in [5.41, 5.74) is 7.40. The number of hydrogen-bond donors (Lipinski definition) is 1. The van der Waals surface area contributed by atoms with E-state index in [2.05, 4.69) is 24.1 Å². The molecule has 0 saturated heterocycles. The molecular formula is C13H23ClN4. The molecule has 1 aliphatic rings. The zero-order valence-electron chi connectivity index (χ0n) is 11.3. The first-order valence-electron chi connectivity index (χ1n) is 6.71. The molecule has 0 aromatic carbocycles. The number of rotatable bonds is 4. The van der Waals surface area contributed by atoms with Crippen LogP contribution in [-0.4, -0.2) is 41.4 Å². The van der Waals surface area contributed by atoms with Gasteiger partial charge in [0.25, 0.3) is 0 Å². The molecule has 2 N–H and O–H groups in total. The van der Waals surface area contributed by atoms with E-state index in [0.29, 0.717) is 5.92 Å². The monoisotopic (exact) mass is 270 g/mol. The molecule has 0 aliphatic heterocycles. The molecule has 0 spiro atoms. The van der Waals surface area contributed by atoms with Crippen LogP contribution in [0.5, 0.6) is 0 Å². The number of aromatic nitrogens is 2. The summed E-state index contributed by atoms with van der Waals surface area (Å²) >= 11 is 6.31. The summed E-state index contributed by atoms with van der Waals surface area (Å²) in [5.74, 6) is 0.371. The molecule has 2 rings (SSSR count). The molecule has 1 aromatic heterocycles. The highest BCUT2D eigenvalue weighted by Gasteiger charge is 2.28. The van der Waals surface area contributed by atoms with Gasteiger partial charge in [0.1, 0.15) is 0 Å². The van der Waals surface area contributed by atoms with Gasteiger partial charge in [-0.25, -0.2) is 0 Å². The van der Waals surface area contributed by atoms with E-state index in [0.717, 1.165) is 36.6 Å². The van der Waals surface area contributed by atoms with E-state index in [1.54, 1.807) is 6.20 Å². The van der Waals surface area contributed by atoms with Crippen molar-refractivity contribution in [3.05, 3.63) is 16.9 Å². The van der Waals surface area contributed by atoms with Crippen molar-refractivity contribution < 1.29 is 0 Å². The first-order valence-corrected chi connectivity index (χ1v) is 7.09. The standard InChI is InChI=1S/C13H23ClN4/c1-17(2)7-8-18-13(11(14)9-16-18)10-5-3-4-6-12(10)15/h9-10,12H,3-8,15H2,1-2H3. The molecule has 1 heterocycles. The van der Waals surface area contributed by atoms with Gasteiger partial charge in [0, 0.05) is 18.5 Å². The van der Waals surface area contributed by atoms with Gasteiger partial charge in [-0.05, 0) is 26.9 Å². The van der Waals surface area contributed by atoms with Crippen LogP contribution in [0.4, 0.5) is 0 Å². The van der Waals surface area contributed by atoms with Crippen molar-refractivity contribution in [2.45, 2.75) is 44.2 Å². The summed E-state index contributed by atoms with van der Waals surface area (Å²) < 4.78 is 2.04. The molecule has 1 fully saturated rings. The largest absolute Gasteiger partial charge is 0.327 e. The third-order valence-electron chi connectivity index (χ3n) is 3.76. The molecule has 4 nitrogen and oxygen atoms in total. The van der Waals surface area contributed by atoms with Gasteiger partial charge in [-0.2, -0.15) is 5.10 Å². The topological polar surface area (TPSA) is 47.1 Å². The molecule has 0 amide bonds. The van der Waals surface area contributed by atoms with Crippen LogP contribution in [-0.2, 0) is 6.54 Å². The summed E-state index contributed by atoms with van der Waals surface area (Å²) in [6.45, 7) is 1.84. The first kappa shape index (κ1) is 13.8. The van der Waals surface area contributed by atoms with E-state index in [4.69, 9.17) is 17.3 Å². The highest BCUT2D eigenvalue weighted by atomic mass is 35.5. The molecule has 2 atom stereocenters. The fourth-order valence-electron chi connectivity index (χ4n) is 2.71. The van der Waals surface area contributed by atoms with Crippen LogP contribution in [0.1, 0.15) is 37.3 Å². The zero-order valence-corrected chi connectivity index (χ0v) is 12.0. The van der Waals surface area contributed by atoms with Crippen molar-refractivity contribution in [2.24, 2.45) is 5.73 Å². The van der Waals surface area contributed by atoms with Crippen LogP contribution in [0.15, 0.2) is 6.20 Å².